The molecule has 1 N–H and O–H groups in total. The first kappa shape index (κ1) is 22.4. The zero-order valence-corrected chi connectivity index (χ0v) is 18.5. The molecule has 31 heavy (non-hydrogen) atoms. The normalized spacial score (nSPS) is 10.5. The van der Waals surface area contributed by atoms with Gasteiger partial charge >= 0.3 is 0 Å². The predicted octanol–water partition coefficient (Wildman–Crippen LogP) is 4.48. The van der Waals surface area contributed by atoms with Crippen LogP contribution in [0.25, 0.3) is 0 Å². The maximum atomic E-state index is 12.3. The van der Waals surface area contributed by atoms with E-state index in [1.54, 1.807) is 6.08 Å². The average molecular weight is 439 g/mol. The van der Waals surface area contributed by atoms with Gasteiger partial charge in [-0.05, 0) is 55.8 Å². The summed E-state index contributed by atoms with van der Waals surface area (Å²) in [6.07, 6.45) is 1.77. The second kappa shape index (κ2) is 11.2. The minimum Gasteiger partial charge on any atom is -0.494 e. The second-order valence-corrected chi connectivity index (χ2v) is 7.64. The smallest absolute Gasteiger partial charge is 0.234 e. The highest BCUT2D eigenvalue weighted by molar-refractivity contribution is 7.99. The van der Waals surface area contributed by atoms with Crippen LogP contribution < -0.4 is 14.8 Å². The Hall–Kier alpha value is -3.26. The maximum absolute atomic E-state index is 12.3. The Morgan fingerprint density at radius 2 is 1.97 bits per heavy atom. The van der Waals surface area contributed by atoms with Crippen molar-refractivity contribution in [3.63, 3.8) is 0 Å². The summed E-state index contributed by atoms with van der Waals surface area (Å²) in [5.41, 5.74) is 1.84. The van der Waals surface area contributed by atoms with Gasteiger partial charge in [0.1, 0.15) is 18.1 Å². The lowest BCUT2D eigenvalue weighted by atomic mass is 10.2. The Morgan fingerprint density at radius 1 is 1.16 bits per heavy atom. The van der Waals surface area contributed by atoms with Crippen LogP contribution in [0.1, 0.15) is 18.3 Å². The molecular weight excluding hydrogens is 412 g/mol. The number of thioether (sulfide) groups is 1. The molecule has 3 rings (SSSR count). The number of hydrogen-bond donors (Lipinski definition) is 1. The van der Waals surface area contributed by atoms with Gasteiger partial charge in [-0.1, -0.05) is 30.0 Å². The Kier molecular flexibility index (Phi) is 8.12. The number of anilines is 1. The molecule has 0 aliphatic heterocycles. The van der Waals surface area contributed by atoms with Crippen LogP contribution in [0.2, 0.25) is 0 Å². The Bertz CT molecular complexity index is 1020. The number of carbonyl (C=O) groups is 1. The first-order valence-electron chi connectivity index (χ1n) is 9.97. The van der Waals surface area contributed by atoms with Crippen molar-refractivity contribution in [2.24, 2.45) is 0 Å². The number of aryl methyl sites for hydroxylation is 1. The fourth-order valence-electron chi connectivity index (χ4n) is 2.83. The Morgan fingerprint density at radius 3 is 2.68 bits per heavy atom. The summed E-state index contributed by atoms with van der Waals surface area (Å²) in [5.74, 6) is 2.31. The van der Waals surface area contributed by atoms with E-state index in [-0.39, 0.29) is 18.3 Å². The molecule has 8 heteroatoms. The molecule has 0 bridgehead atoms. The molecule has 0 fully saturated rings. The minimum atomic E-state index is -0.125. The van der Waals surface area contributed by atoms with Crippen molar-refractivity contribution in [2.75, 3.05) is 17.7 Å². The summed E-state index contributed by atoms with van der Waals surface area (Å²) in [4.78, 5) is 12.3. The third kappa shape index (κ3) is 6.62. The number of nitrogens with zero attached hydrogens (tertiary/aromatic N) is 3. The van der Waals surface area contributed by atoms with Crippen LogP contribution in [0.3, 0.4) is 0 Å². The summed E-state index contributed by atoms with van der Waals surface area (Å²) in [5, 5.41) is 12.0. The third-order valence-corrected chi connectivity index (χ3v) is 5.21. The van der Waals surface area contributed by atoms with Gasteiger partial charge in [0.05, 0.1) is 12.4 Å². The molecule has 0 saturated carbocycles. The van der Waals surface area contributed by atoms with Crippen molar-refractivity contribution >= 4 is 23.4 Å². The molecule has 162 valence electrons. The van der Waals surface area contributed by atoms with E-state index in [0.29, 0.717) is 29.8 Å². The molecule has 0 atom stereocenters. The van der Waals surface area contributed by atoms with E-state index >= 15 is 0 Å². The molecule has 1 amide bonds. The first-order valence-corrected chi connectivity index (χ1v) is 11.0. The molecule has 7 nitrogen and oxygen atoms in total. The zero-order valence-electron chi connectivity index (χ0n) is 17.7. The van der Waals surface area contributed by atoms with Gasteiger partial charge in [-0.25, -0.2) is 0 Å². The molecule has 1 heterocycles. The topological polar surface area (TPSA) is 78.3 Å². The molecule has 1 aromatic heterocycles. The number of ether oxygens (including phenoxy) is 2. The van der Waals surface area contributed by atoms with Crippen LogP contribution in [0.4, 0.5) is 5.69 Å². The quantitative estimate of drug-likeness (QED) is 0.351. The number of rotatable bonds is 11. The van der Waals surface area contributed by atoms with Crippen molar-refractivity contribution in [1.82, 2.24) is 14.8 Å². The average Bonchev–Trinajstić information content (AvgIpc) is 3.14. The molecule has 2 aromatic carbocycles. The molecule has 0 radical (unpaired) electrons. The number of benzene rings is 2. The largest absolute Gasteiger partial charge is 0.494 e. The van der Waals surface area contributed by atoms with Gasteiger partial charge in [0.2, 0.25) is 5.91 Å². The van der Waals surface area contributed by atoms with Crippen LogP contribution in [0.5, 0.6) is 11.5 Å². The second-order valence-electron chi connectivity index (χ2n) is 6.70. The van der Waals surface area contributed by atoms with Crippen molar-refractivity contribution < 1.29 is 14.3 Å². The van der Waals surface area contributed by atoms with Crippen molar-refractivity contribution in [3.05, 3.63) is 72.6 Å². The van der Waals surface area contributed by atoms with Gasteiger partial charge in [-0.3, -0.25) is 9.36 Å². The van der Waals surface area contributed by atoms with Gasteiger partial charge in [0, 0.05) is 12.2 Å². The van der Waals surface area contributed by atoms with Gasteiger partial charge < -0.3 is 14.8 Å². The van der Waals surface area contributed by atoms with Gasteiger partial charge in [-0.15, -0.1) is 16.8 Å². The summed E-state index contributed by atoms with van der Waals surface area (Å²) in [6, 6.07) is 15.1. The van der Waals surface area contributed by atoms with Crippen molar-refractivity contribution in [3.8, 4) is 11.5 Å². The summed E-state index contributed by atoms with van der Waals surface area (Å²) < 4.78 is 13.2. The highest BCUT2D eigenvalue weighted by Gasteiger charge is 2.14. The zero-order chi connectivity index (χ0) is 22.1. The van der Waals surface area contributed by atoms with Crippen molar-refractivity contribution in [1.29, 1.82) is 0 Å². The van der Waals surface area contributed by atoms with Crippen LogP contribution in [0.15, 0.2) is 66.3 Å². The van der Waals surface area contributed by atoms with Crippen LogP contribution in [0, 0.1) is 6.92 Å². The molecule has 3 aromatic rings. The van der Waals surface area contributed by atoms with Crippen LogP contribution in [-0.2, 0) is 17.9 Å². The maximum Gasteiger partial charge on any atom is 0.234 e. The van der Waals surface area contributed by atoms with Gasteiger partial charge in [0.25, 0.3) is 0 Å². The molecule has 0 aliphatic rings. The summed E-state index contributed by atoms with van der Waals surface area (Å²) in [7, 11) is 0. The molecule has 0 unspecified atom stereocenters. The first-order chi connectivity index (χ1) is 15.1. The van der Waals surface area contributed by atoms with E-state index in [4.69, 9.17) is 9.47 Å². The lowest BCUT2D eigenvalue weighted by Gasteiger charge is -2.10. The molecular formula is C23H26N4O3S. The van der Waals surface area contributed by atoms with E-state index in [2.05, 4.69) is 22.1 Å². The standard InChI is InChI=1S/C23H26N4O3S/c1-4-13-27-21(15-30-20-8-6-7-17(3)14-20)25-26-23(27)31-16-22(28)24-18-9-11-19(12-10-18)29-5-2/h4,6-12,14H,1,5,13,15-16H2,2-3H3,(H,24,28). The number of carbonyl (C=O) groups excluding carboxylic acids is 1. The third-order valence-electron chi connectivity index (χ3n) is 4.24. The Balaban J connectivity index is 1.57. The fraction of sp³-hybridized carbons (Fsp3) is 0.261. The van der Waals surface area contributed by atoms with E-state index in [9.17, 15) is 4.79 Å². The van der Waals surface area contributed by atoms with Crippen LogP contribution in [-0.4, -0.2) is 33.0 Å². The summed E-state index contributed by atoms with van der Waals surface area (Å²) >= 11 is 1.32. The monoisotopic (exact) mass is 438 g/mol. The highest BCUT2D eigenvalue weighted by Crippen LogP contribution is 2.21. The van der Waals surface area contributed by atoms with Gasteiger partial charge in [-0.2, -0.15) is 0 Å². The number of allylic oxidation sites excluding steroid dienone is 1. The van der Waals surface area contributed by atoms with E-state index in [0.717, 1.165) is 17.1 Å². The number of hydrogen-bond acceptors (Lipinski definition) is 6. The lowest BCUT2D eigenvalue weighted by Crippen LogP contribution is -2.15. The fourth-order valence-corrected chi connectivity index (χ4v) is 3.59. The van der Waals surface area contributed by atoms with E-state index in [1.165, 1.54) is 11.8 Å². The van der Waals surface area contributed by atoms with E-state index < -0.39 is 0 Å². The van der Waals surface area contributed by atoms with Crippen LogP contribution >= 0.6 is 11.8 Å². The molecule has 0 spiro atoms. The number of amides is 1. The number of nitrogens with one attached hydrogen (secondary N) is 1. The highest BCUT2D eigenvalue weighted by atomic mass is 32.2. The Labute approximate surface area is 186 Å². The predicted molar refractivity (Wildman–Crippen MR) is 123 cm³/mol. The lowest BCUT2D eigenvalue weighted by molar-refractivity contribution is -0.113. The minimum absolute atomic E-state index is 0.125. The molecule has 0 saturated heterocycles. The van der Waals surface area contributed by atoms with Crippen molar-refractivity contribution in [2.45, 2.75) is 32.2 Å². The molecule has 0 aliphatic carbocycles. The van der Waals surface area contributed by atoms with Gasteiger partial charge in [0.15, 0.2) is 11.0 Å². The SMILES string of the molecule is C=CCn1c(COc2cccc(C)c2)nnc1SCC(=O)Nc1ccc(OCC)cc1. The summed E-state index contributed by atoms with van der Waals surface area (Å²) in [6.45, 7) is 9.16. The van der Waals surface area contributed by atoms with E-state index in [1.807, 2.05) is 66.9 Å². The number of aromatic nitrogens is 3.